The summed E-state index contributed by atoms with van der Waals surface area (Å²) in [6.45, 7) is 3.56. The van der Waals surface area contributed by atoms with Crippen molar-refractivity contribution in [3.63, 3.8) is 0 Å². The Morgan fingerprint density at radius 2 is 1.95 bits per heavy atom. The first-order valence-electron chi connectivity index (χ1n) is 6.30. The third kappa shape index (κ3) is 3.35. The number of aryl methyl sites for hydroxylation is 2. The molecule has 2 rings (SSSR count). The SMILES string of the molecule is Cc1cc(NC(=O)Cc2cccc(F)c2)c(C)cc1O. The molecule has 0 aliphatic carbocycles. The van der Waals surface area contributed by atoms with Crippen molar-refractivity contribution in [3.05, 3.63) is 58.9 Å². The number of carbonyl (C=O) groups is 1. The fraction of sp³-hybridized carbons (Fsp3) is 0.188. The van der Waals surface area contributed by atoms with Crippen LogP contribution in [0.5, 0.6) is 5.75 Å². The second kappa shape index (κ2) is 5.74. The summed E-state index contributed by atoms with van der Waals surface area (Å²) in [5.41, 5.74) is 2.75. The highest BCUT2D eigenvalue weighted by molar-refractivity contribution is 5.93. The summed E-state index contributed by atoms with van der Waals surface area (Å²) in [5, 5.41) is 12.3. The molecular formula is C16H16FNO2. The van der Waals surface area contributed by atoms with Gasteiger partial charge in [0, 0.05) is 5.69 Å². The van der Waals surface area contributed by atoms with Crippen LogP contribution in [0.15, 0.2) is 36.4 Å². The molecule has 0 heterocycles. The largest absolute Gasteiger partial charge is 0.508 e. The molecule has 0 saturated carbocycles. The molecule has 2 aromatic rings. The maximum Gasteiger partial charge on any atom is 0.228 e. The molecule has 0 aliphatic rings. The lowest BCUT2D eigenvalue weighted by molar-refractivity contribution is -0.115. The summed E-state index contributed by atoms with van der Waals surface area (Å²) in [4.78, 5) is 11.9. The van der Waals surface area contributed by atoms with Crippen molar-refractivity contribution in [2.75, 3.05) is 5.32 Å². The quantitative estimate of drug-likeness (QED) is 0.843. The zero-order valence-electron chi connectivity index (χ0n) is 11.4. The van der Waals surface area contributed by atoms with E-state index in [2.05, 4.69) is 5.32 Å². The highest BCUT2D eigenvalue weighted by Gasteiger charge is 2.08. The van der Waals surface area contributed by atoms with E-state index in [0.29, 0.717) is 16.8 Å². The lowest BCUT2D eigenvalue weighted by atomic mass is 10.1. The van der Waals surface area contributed by atoms with E-state index in [0.717, 1.165) is 5.56 Å². The van der Waals surface area contributed by atoms with E-state index in [1.54, 1.807) is 38.1 Å². The molecule has 104 valence electrons. The summed E-state index contributed by atoms with van der Waals surface area (Å²) in [6, 6.07) is 9.29. The maximum absolute atomic E-state index is 13.0. The molecule has 0 bridgehead atoms. The van der Waals surface area contributed by atoms with Gasteiger partial charge in [-0.1, -0.05) is 12.1 Å². The molecule has 3 nitrogen and oxygen atoms in total. The monoisotopic (exact) mass is 273 g/mol. The van der Waals surface area contributed by atoms with E-state index >= 15 is 0 Å². The number of anilines is 1. The number of phenols is 1. The highest BCUT2D eigenvalue weighted by Crippen LogP contribution is 2.25. The van der Waals surface area contributed by atoms with Crippen molar-refractivity contribution < 1.29 is 14.3 Å². The molecule has 20 heavy (non-hydrogen) atoms. The van der Waals surface area contributed by atoms with Crippen molar-refractivity contribution >= 4 is 11.6 Å². The Bertz CT molecular complexity index is 653. The molecule has 0 atom stereocenters. The van der Waals surface area contributed by atoms with Crippen molar-refractivity contribution in [1.82, 2.24) is 0 Å². The lowest BCUT2D eigenvalue weighted by Gasteiger charge is -2.10. The summed E-state index contributed by atoms with van der Waals surface area (Å²) in [5.74, 6) is -0.374. The Hall–Kier alpha value is -2.36. The zero-order valence-corrected chi connectivity index (χ0v) is 11.4. The minimum Gasteiger partial charge on any atom is -0.508 e. The number of rotatable bonds is 3. The first kappa shape index (κ1) is 14.1. The number of nitrogens with one attached hydrogen (secondary N) is 1. The van der Waals surface area contributed by atoms with Gasteiger partial charge in [0.25, 0.3) is 0 Å². The number of amides is 1. The van der Waals surface area contributed by atoms with Gasteiger partial charge in [0.05, 0.1) is 6.42 Å². The van der Waals surface area contributed by atoms with Crippen molar-refractivity contribution in [1.29, 1.82) is 0 Å². The second-order valence-electron chi connectivity index (χ2n) is 4.81. The predicted octanol–water partition coefficient (Wildman–Crippen LogP) is 3.33. The van der Waals surface area contributed by atoms with Crippen molar-refractivity contribution in [3.8, 4) is 5.75 Å². The average molecular weight is 273 g/mol. The number of hydrogen-bond acceptors (Lipinski definition) is 2. The van der Waals surface area contributed by atoms with E-state index < -0.39 is 0 Å². The van der Waals surface area contributed by atoms with E-state index in [4.69, 9.17) is 0 Å². The first-order chi connectivity index (χ1) is 9.45. The van der Waals surface area contributed by atoms with Gasteiger partial charge in [-0.2, -0.15) is 0 Å². The molecule has 0 spiro atoms. The number of phenolic OH excluding ortho intramolecular Hbond substituents is 1. The van der Waals surface area contributed by atoms with E-state index in [1.165, 1.54) is 12.1 Å². The maximum atomic E-state index is 13.0. The Labute approximate surface area is 117 Å². The fourth-order valence-corrected chi connectivity index (χ4v) is 1.96. The molecular weight excluding hydrogens is 257 g/mol. The molecule has 0 saturated heterocycles. The third-order valence-corrected chi connectivity index (χ3v) is 3.07. The van der Waals surface area contributed by atoms with Crippen LogP contribution >= 0.6 is 0 Å². The van der Waals surface area contributed by atoms with Crippen LogP contribution < -0.4 is 5.32 Å². The van der Waals surface area contributed by atoms with Crippen molar-refractivity contribution in [2.45, 2.75) is 20.3 Å². The standard InChI is InChI=1S/C16H16FNO2/c1-10-7-15(19)11(2)6-14(10)18-16(20)9-12-4-3-5-13(17)8-12/h3-8,19H,9H2,1-2H3,(H,18,20). The Balaban J connectivity index is 2.10. The number of aromatic hydroxyl groups is 1. The zero-order chi connectivity index (χ0) is 14.7. The number of carbonyl (C=O) groups excluding carboxylic acids is 1. The molecule has 2 aromatic carbocycles. The molecule has 1 amide bonds. The lowest BCUT2D eigenvalue weighted by Crippen LogP contribution is -2.15. The van der Waals surface area contributed by atoms with Crippen LogP contribution in [0, 0.1) is 19.7 Å². The summed E-state index contributed by atoms with van der Waals surface area (Å²) in [6.07, 6.45) is 0.108. The van der Waals surface area contributed by atoms with Gasteiger partial charge in [0.2, 0.25) is 5.91 Å². The van der Waals surface area contributed by atoms with Gasteiger partial charge in [0.15, 0.2) is 0 Å². The van der Waals surface area contributed by atoms with E-state index in [1.807, 2.05) is 0 Å². The van der Waals surface area contributed by atoms with Crippen LogP contribution in [0.1, 0.15) is 16.7 Å². The van der Waals surface area contributed by atoms with Crippen LogP contribution in [-0.4, -0.2) is 11.0 Å². The van der Waals surface area contributed by atoms with E-state index in [9.17, 15) is 14.3 Å². The molecule has 0 aromatic heterocycles. The van der Waals surface area contributed by atoms with Gasteiger partial charge in [-0.3, -0.25) is 4.79 Å². The molecule has 0 fully saturated rings. The Morgan fingerprint density at radius 3 is 2.65 bits per heavy atom. The second-order valence-corrected chi connectivity index (χ2v) is 4.81. The average Bonchev–Trinajstić information content (AvgIpc) is 2.36. The summed E-state index contributed by atoms with van der Waals surface area (Å²) < 4.78 is 13.0. The summed E-state index contributed by atoms with van der Waals surface area (Å²) >= 11 is 0. The predicted molar refractivity (Wildman–Crippen MR) is 76.3 cm³/mol. The summed E-state index contributed by atoms with van der Waals surface area (Å²) in [7, 11) is 0. The smallest absolute Gasteiger partial charge is 0.228 e. The topological polar surface area (TPSA) is 49.3 Å². The van der Waals surface area contributed by atoms with Gasteiger partial charge >= 0.3 is 0 Å². The molecule has 0 unspecified atom stereocenters. The molecule has 0 radical (unpaired) electrons. The number of halogens is 1. The molecule has 2 N–H and O–H groups in total. The number of hydrogen-bond donors (Lipinski definition) is 2. The van der Waals surface area contributed by atoms with Crippen LogP contribution in [0.3, 0.4) is 0 Å². The van der Waals surface area contributed by atoms with Crippen molar-refractivity contribution in [2.24, 2.45) is 0 Å². The van der Waals surface area contributed by atoms with Gasteiger partial charge in [-0.25, -0.2) is 4.39 Å². The van der Waals surface area contributed by atoms with Gasteiger partial charge < -0.3 is 10.4 Å². The first-order valence-corrected chi connectivity index (χ1v) is 6.30. The number of benzene rings is 2. The van der Waals surface area contributed by atoms with Gasteiger partial charge in [0.1, 0.15) is 11.6 Å². The van der Waals surface area contributed by atoms with E-state index in [-0.39, 0.29) is 23.9 Å². The van der Waals surface area contributed by atoms with Crippen LogP contribution in [-0.2, 0) is 11.2 Å². The fourth-order valence-electron chi connectivity index (χ4n) is 1.96. The highest BCUT2D eigenvalue weighted by atomic mass is 19.1. The third-order valence-electron chi connectivity index (χ3n) is 3.07. The van der Waals surface area contributed by atoms with Crippen LogP contribution in [0.4, 0.5) is 10.1 Å². The van der Waals surface area contributed by atoms with Gasteiger partial charge in [-0.05, 0) is 54.8 Å². The normalized spacial score (nSPS) is 10.3. The Morgan fingerprint density at radius 1 is 1.20 bits per heavy atom. The van der Waals surface area contributed by atoms with Crippen LogP contribution in [0.2, 0.25) is 0 Å². The minimum atomic E-state index is -0.355. The molecule has 4 heteroatoms. The Kier molecular flexibility index (Phi) is 4.03. The minimum absolute atomic E-state index is 0.108. The van der Waals surface area contributed by atoms with Gasteiger partial charge in [-0.15, -0.1) is 0 Å². The molecule has 0 aliphatic heterocycles. The van der Waals surface area contributed by atoms with Crippen LogP contribution in [0.25, 0.3) is 0 Å².